The lowest BCUT2D eigenvalue weighted by molar-refractivity contribution is 0.688. The molecule has 0 aliphatic heterocycles. The molecular weight excluding hydrogens is 120 g/mol. The molecule has 1 atom stereocenters. The van der Waals surface area contributed by atoms with Gasteiger partial charge in [0.25, 0.3) is 0 Å². The fraction of sp³-hybridized carbons (Fsp3) is 0.167. The Balaban J connectivity index is 2.35. The molecule has 0 aromatic rings. The largest absolute Gasteiger partial charge is 0.259 e. The summed E-state index contributed by atoms with van der Waals surface area (Å²) in [5, 5.41) is 0.907. The zero-order valence-corrected chi connectivity index (χ0v) is 5.44. The lowest BCUT2D eigenvalue weighted by Crippen LogP contribution is -1.98. The second kappa shape index (κ2) is 2.62. The number of rotatable bonds is 1. The van der Waals surface area contributed by atoms with E-state index in [9.17, 15) is 4.21 Å². The van der Waals surface area contributed by atoms with Gasteiger partial charge in [-0.05, 0) is 25.7 Å². The fourth-order valence-electron chi connectivity index (χ4n) is 0.548. The molecule has 0 unspecified atom stereocenters. The molecule has 1 aliphatic carbocycles. The first kappa shape index (κ1) is 6.27. The summed E-state index contributed by atoms with van der Waals surface area (Å²) < 4.78 is 10.6. The van der Waals surface area contributed by atoms with Crippen molar-refractivity contribution >= 4 is 10.8 Å². The standard InChI is InChI=1S/C6H7OS/c1-8(7)6-4-2-3-5-6/h2-5H,1H3/t8-/m1/s1. The molecule has 0 amide bonds. The van der Waals surface area contributed by atoms with Crippen molar-refractivity contribution in [3.8, 4) is 0 Å². The lowest BCUT2D eigenvalue weighted by atomic mass is 10.4. The molecule has 1 saturated carbocycles. The summed E-state index contributed by atoms with van der Waals surface area (Å²) in [6, 6.07) is 0. The molecule has 0 aromatic carbocycles. The van der Waals surface area contributed by atoms with Gasteiger partial charge in [-0.2, -0.15) is 0 Å². The number of hydrogen-bond donors (Lipinski definition) is 0. The van der Waals surface area contributed by atoms with Crippen LogP contribution in [-0.4, -0.2) is 10.5 Å². The highest BCUT2D eigenvalue weighted by atomic mass is 32.2. The van der Waals surface area contributed by atoms with Gasteiger partial charge in [0.15, 0.2) is 0 Å². The summed E-state index contributed by atoms with van der Waals surface area (Å²) in [6.45, 7) is 0. The van der Waals surface area contributed by atoms with Gasteiger partial charge in [0.1, 0.15) is 0 Å². The van der Waals surface area contributed by atoms with Crippen LogP contribution in [0.1, 0.15) is 0 Å². The third-order valence-electron chi connectivity index (χ3n) is 0.964. The average Bonchev–Trinajstić information content (AvgIpc) is 2.12. The van der Waals surface area contributed by atoms with E-state index in [-0.39, 0.29) is 0 Å². The summed E-state index contributed by atoms with van der Waals surface area (Å²) in [5.74, 6) is 0. The Morgan fingerprint density at radius 3 is 2.12 bits per heavy atom. The van der Waals surface area contributed by atoms with Crippen LogP contribution in [0.2, 0.25) is 0 Å². The zero-order valence-electron chi connectivity index (χ0n) is 4.63. The van der Waals surface area contributed by atoms with Crippen molar-refractivity contribution in [2.24, 2.45) is 0 Å². The Kier molecular flexibility index (Phi) is 2.06. The molecule has 1 nitrogen and oxygen atoms in total. The van der Waals surface area contributed by atoms with Crippen molar-refractivity contribution in [1.82, 2.24) is 0 Å². The second-order valence-electron chi connectivity index (χ2n) is 1.57. The van der Waals surface area contributed by atoms with Gasteiger partial charge in [-0.3, -0.25) is 4.21 Å². The van der Waals surface area contributed by atoms with E-state index in [1.165, 1.54) is 0 Å². The molecule has 0 N–H and O–H groups in total. The van der Waals surface area contributed by atoms with Crippen molar-refractivity contribution in [1.29, 1.82) is 0 Å². The summed E-state index contributed by atoms with van der Waals surface area (Å²) in [4.78, 5) is 0. The van der Waals surface area contributed by atoms with Gasteiger partial charge in [0.05, 0.1) is 5.25 Å². The molecule has 0 bridgehead atoms. The maximum absolute atomic E-state index is 10.6. The first-order valence-electron chi connectivity index (χ1n) is 2.36. The predicted octanol–water partition coefficient (Wildman–Crippen LogP) is 0.728. The fourth-order valence-corrected chi connectivity index (χ4v) is 1.09. The van der Waals surface area contributed by atoms with E-state index in [4.69, 9.17) is 0 Å². The van der Waals surface area contributed by atoms with Crippen LogP contribution in [0.25, 0.3) is 0 Å². The van der Waals surface area contributed by atoms with Crippen LogP contribution in [0, 0.1) is 30.9 Å². The smallest absolute Gasteiger partial charge is 0.0701 e. The molecule has 0 aromatic heterocycles. The van der Waals surface area contributed by atoms with E-state index in [0.717, 1.165) is 5.25 Å². The lowest BCUT2D eigenvalue weighted by Gasteiger charge is -1.98. The van der Waals surface area contributed by atoms with Crippen LogP contribution in [0.5, 0.6) is 0 Å². The summed E-state index contributed by atoms with van der Waals surface area (Å²) >= 11 is 0. The molecule has 1 aliphatic rings. The summed E-state index contributed by atoms with van der Waals surface area (Å²) in [7, 11) is -0.798. The summed E-state index contributed by atoms with van der Waals surface area (Å²) in [5.41, 5.74) is 0. The third-order valence-corrected chi connectivity index (χ3v) is 1.90. The van der Waals surface area contributed by atoms with Gasteiger partial charge in [0, 0.05) is 17.1 Å². The van der Waals surface area contributed by atoms with Crippen LogP contribution in [0.3, 0.4) is 0 Å². The molecule has 1 fully saturated rings. The monoisotopic (exact) mass is 127 g/mol. The van der Waals surface area contributed by atoms with E-state index >= 15 is 0 Å². The maximum Gasteiger partial charge on any atom is 0.0701 e. The Morgan fingerprint density at radius 2 is 1.88 bits per heavy atom. The number of hydrogen-bond acceptors (Lipinski definition) is 1. The normalized spacial score (nSPS) is 26.1. The highest BCUT2D eigenvalue weighted by molar-refractivity contribution is 7.87. The minimum absolute atomic E-state index is 0.798. The molecule has 0 saturated heterocycles. The van der Waals surface area contributed by atoms with E-state index in [2.05, 4.69) is 0 Å². The van der Waals surface area contributed by atoms with Crippen LogP contribution in [0.4, 0.5) is 0 Å². The molecule has 8 heavy (non-hydrogen) atoms. The SMILES string of the molecule is C[S@@](=O)[C]1[CH][CH][CH][CH]1. The minimum Gasteiger partial charge on any atom is -0.259 e. The highest BCUT2D eigenvalue weighted by Gasteiger charge is 2.19. The van der Waals surface area contributed by atoms with Crippen molar-refractivity contribution in [3.05, 3.63) is 30.9 Å². The van der Waals surface area contributed by atoms with Crippen molar-refractivity contribution in [2.75, 3.05) is 6.26 Å². The molecule has 2 heteroatoms. The van der Waals surface area contributed by atoms with Gasteiger partial charge in [-0.15, -0.1) is 0 Å². The van der Waals surface area contributed by atoms with Crippen LogP contribution < -0.4 is 0 Å². The molecule has 43 valence electrons. The van der Waals surface area contributed by atoms with Gasteiger partial charge >= 0.3 is 0 Å². The van der Waals surface area contributed by atoms with Crippen molar-refractivity contribution < 1.29 is 4.21 Å². The van der Waals surface area contributed by atoms with Crippen LogP contribution in [0.15, 0.2) is 0 Å². The Morgan fingerprint density at radius 1 is 1.38 bits per heavy atom. The van der Waals surface area contributed by atoms with E-state index in [1.807, 2.05) is 25.7 Å². The highest BCUT2D eigenvalue weighted by Crippen LogP contribution is 2.24. The molecular formula is C6H7OS. The maximum atomic E-state index is 10.6. The Bertz CT molecular complexity index is 94.7. The Hall–Kier alpha value is 0.150. The van der Waals surface area contributed by atoms with E-state index < -0.39 is 10.8 Å². The Labute approximate surface area is 52.9 Å². The second-order valence-corrected chi connectivity index (χ2v) is 2.95. The molecule has 5 radical (unpaired) electrons. The van der Waals surface area contributed by atoms with Crippen molar-refractivity contribution in [2.45, 2.75) is 0 Å². The zero-order chi connectivity index (χ0) is 5.98. The molecule has 1 rings (SSSR count). The first-order valence-corrected chi connectivity index (χ1v) is 3.91. The molecule has 0 spiro atoms. The van der Waals surface area contributed by atoms with Gasteiger partial charge in [-0.25, -0.2) is 0 Å². The van der Waals surface area contributed by atoms with Gasteiger partial charge in [0.2, 0.25) is 0 Å². The van der Waals surface area contributed by atoms with Crippen LogP contribution in [-0.2, 0) is 10.8 Å². The van der Waals surface area contributed by atoms with E-state index in [1.54, 1.807) is 6.26 Å². The summed E-state index contributed by atoms with van der Waals surface area (Å²) in [6.07, 6.45) is 9.16. The van der Waals surface area contributed by atoms with Gasteiger partial charge in [-0.1, -0.05) is 0 Å². The van der Waals surface area contributed by atoms with Crippen molar-refractivity contribution in [3.63, 3.8) is 0 Å². The van der Waals surface area contributed by atoms with Gasteiger partial charge < -0.3 is 0 Å². The predicted molar refractivity (Wildman–Crippen MR) is 34.5 cm³/mol. The third kappa shape index (κ3) is 1.31. The van der Waals surface area contributed by atoms with Crippen LogP contribution >= 0.6 is 0 Å². The average molecular weight is 127 g/mol. The first-order chi connectivity index (χ1) is 3.80. The topological polar surface area (TPSA) is 17.1 Å². The minimum atomic E-state index is -0.798. The van der Waals surface area contributed by atoms with E-state index in [0.29, 0.717) is 0 Å². The quantitative estimate of drug-likeness (QED) is 0.507. The molecule has 0 heterocycles.